The average molecular weight is 753 g/mol. The Kier molecular flexibility index (Phi) is 42.5. The minimum atomic E-state index is -0.552. The zero-order valence-electron chi connectivity index (χ0n) is 35.5. The molecule has 1 unspecified atom stereocenters. The lowest BCUT2D eigenvalue weighted by Gasteiger charge is -2.18. The summed E-state index contributed by atoms with van der Waals surface area (Å²) in [5.74, 6) is -0.464. The third-order valence-corrected chi connectivity index (χ3v) is 9.23. The number of unbranched alkanes of at least 4 members (excludes halogenated alkanes) is 17. The molecule has 0 rings (SSSR count). The van der Waals surface area contributed by atoms with Crippen molar-refractivity contribution in [1.82, 2.24) is 0 Å². The molecule has 0 aliphatic rings. The maximum Gasteiger partial charge on any atom is 0.306 e. The number of allylic oxidation sites excluding steroid dienone is 12. The van der Waals surface area contributed by atoms with Gasteiger partial charge in [0.15, 0.2) is 6.10 Å². The highest BCUT2D eigenvalue weighted by Crippen LogP contribution is 2.12. The van der Waals surface area contributed by atoms with Crippen molar-refractivity contribution in [3.8, 4) is 0 Å². The van der Waals surface area contributed by atoms with Gasteiger partial charge in [-0.05, 0) is 89.9 Å². The van der Waals surface area contributed by atoms with Crippen molar-refractivity contribution in [3.63, 3.8) is 0 Å². The molecule has 310 valence electrons. The lowest BCUT2D eigenvalue weighted by Crippen LogP contribution is -2.30. The van der Waals surface area contributed by atoms with Gasteiger partial charge in [0, 0.05) is 19.4 Å². The number of hydrogen-bond acceptors (Lipinski definition) is 5. The SMILES string of the molecule is CC/C=C\C/C=C\C/C=C\C/C=C\CCCCC(=O)OCC(COCCCCCCCCCC/C=C\C/C=C\CCCCC)OC(=O)CCCCCCC. The van der Waals surface area contributed by atoms with E-state index in [0.717, 1.165) is 83.5 Å². The van der Waals surface area contributed by atoms with Crippen molar-refractivity contribution in [2.24, 2.45) is 0 Å². The van der Waals surface area contributed by atoms with Gasteiger partial charge in [0.2, 0.25) is 0 Å². The van der Waals surface area contributed by atoms with Crippen LogP contribution in [0.2, 0.25) is 0 Å². The van der Waals surface area contributed by atoms with Gasteiger partial charge in [-0.25, -0.2) is 0 Å². The first-order valence-electron chi connectivity index (χ1n) is 22.5. The predicted molar refractivity (Wildman–Crippen MR) is 233 cm³/mol. The Labute approximate surface area is 334 Å². The molecule has 0 aromatic carbocycles. The molecular formula is C49H84O5. The molecule has 0 spiro atoms. The molecule has 0 aromatic rings. The number of carbonyl (C=O) groups is 2. The van der Waals surface area contributed by atoms with Crippen LogP contribution in [0.4, 0.5) is 0 Å². The summed E-state index contributed by atoms with van der Waals surface area (Å²) in [5.41, 5.74) is 0. The molecule has 1 atom stereocenters. The van der Waals surface area contributed by atoms with Gasteiger partial charge in [-0.15, -0.1) is 0 Å². The van der Waals surface area contributed by atoms with E-state index < -0.39 is 6.10 Å². The van der Waals surface area contributed by atoms with Gasteiger partial charge in [0.1, 0.15) is 6.61 Å². The van der Waals surface area contributed by atoms with Crippen molar-refractivity contribution in [2.75, 3.05) is 19.8 Å². The summed E-state index contributed by atoms with van der Waals surface area (Å²) in [6.45, 7) is 7.55. The van der Waals surface area contributed by atoms with Gasteiger partial charge in [-0.1, -0.05) is 171 Å². The quantitative estimate of drug-likeness (QED) is 0.0354. The Morgan fingerprint density at radius 1 is 0.426 bits per heavy atom. The summed E-state index contributed by atoms with van der Waals surface area (Å²) in [4.78, 5) is 25.0. The molecule has 0 radical (unpaired) electrons. The number of esters is 2. The Bertz CT molecular complexity index is 988. The van der Waals surface area contributed by atoms with E-state index in [2.05, 4.69) is 93.7 Å². The van der Waals surface area contributed by atoms with Crippen LogP contribution in [-0.2, 0) is 23.8 Å². The molecule has 0 aromatic heterocycles. The summed E-state index contributed by atoms with van der Waals surface area (Å²) >= 11 is 0. The minimum Gasteiger partial charge on any atom is -0.462 e. The Hall–Kier alpha value is -2.66. The first-order valence-corrected chi connectivity index (χ1v) is 22.5. The van der Waals surface area contributed by atoms with Gasteiger partial charge in [0.25, 0.3) is 0 Å². The molecule has 0 aliphatic heterocycles. The summed E-state index contributed by atoms with van der Waals surface area (Å²) in [6.07, 6.45) is 56.4. The maximum absolute atomic E-state index is 12.5. The summed E-state index contributed by atoms with van der Waals surface area (Å²) in [7, 11) is 0. The molecule has 0 heterocycles. The van der Waals surface area contributed by atoms with Crippen LogP contribution in [0.1, 0.15) is 201 Å². The van der Waals surface area contributed by atoms with Crippen LogP contribution in [0.5, 0.6) is 0 Å². The largest absolute Gasteiger partial charge is 0.462 e. The third-order valence-electron chi connectivity index (χ3n) is 9.23. The second-order valence-corrected chi connectivity index (χ2v) is 14.6. The third kappa shape index (κ3) is 42.1. The van der Waals surface area contributed by atoms with Crippen LogP contribution in [0.3, 0.4) is 0 Å². The number of rotatable bonds is 40. The molecule has 0 aliphatic carbocycles. The molecule has 0 N–H and O–H groups in total. The number of carbonyl (C=O) groups excluding carboxylic acids is 2. The summed E-state index contributed by atoms with van der Waals surface area (Å²) in [5, 5.41) is 0. The van der Waals surface area contributed by atoms with Crippen LogP contribution in [0.15, 0.2) is 72.9 Å². The number of hydrogen-bond donors (Lipinski definition) is 0. The molecule has 0 saturated heterocycles. The van der Waals surface area contributed by atoms with Gasteiger partial charge in [0.05, 0.1) is 6.61 Å². The van der Waals surface area contributed by atoms with Gasteiger partial charge < -0.3 is 14.2 Å². The fraction of sp³-hybridized carbons (Fsp3) is 0.714. The highest BCUT2D eigenvalue weighted by Gasteiger charge is 2.17. The Morgan fingerprint density at radius 2 is 0.833 bits per heavy atom. The van der Waals surface area contributed by atoms with Crippen molar-refractivity contribution in [2.45, 2.75) is 207 Å². The van der Waals surface area contributed by atoms with E-state index in [4.69, 9.17) is 14.2 Å². The average Bonchev–Trinajstić information content (AvgIpc) is 3.17. The van der Waals surface area contributed by atoms with Crippen LogP contribution in [0, 0.1) is 0 Å². The molecule has 0 saturated carbocycles. The molecule has 5 nitrogen and oxygen atoms in total. The second kappa shape index (κ2) is 44.7. The summed E-state index contributed by atoms with van der Waals surface area (Å²) in [6, 6.07) is 0. The highest BCUT2D eigenvalue weighted by atomic mass is 16.6. The zero-order valence-corrected chi connectivity index (χ0v) is 35.5. The van der Waals surface area contributed by atoms with Gasteiger partial charge in [-0.2, -0.15) is 0 Å². The smallest absolute Gasteiger partial charge is 0.306 e. The van der Waals surface area contributed by atoms with E-state index >= 15 is 0 Å². The van der Waals surface area contributed by atoms with E-state index in [1.54, 1.807) is 0 Å². The lowest BCUT2D eigenvalue weighted by molar-refractivity contribution is -0.163. The normalized spacial score (nSPS) is 12.9. The van der Waals surface area contributed by atoms with Gasteiger partial charge in [-0.3, -0.25) is 9.59 Å². The van der Waals surface area contributed by atoms with Crippen LogP contribution >= 0.6 is 0 Å². The van der Waals surface area contributed by atoms with Crippen LogP contribution in [0.25, 0.3) is 0 Å². The molecular weight excluding hydrogens is 669 g/mol. The van der Waals surface area contributed by atoms with Crippen LogP contribution < -0.4 is 0 Å². The minimum absolute atomic E-state index is 0.0588. The van der Waals surface area contributed by atoms with E-state index in [1.165, 1.54) is 83.5 Å². The Balaban J connectivity index is 4.14. The lowest BCUT2D eigenvalue weighted by atomic mass is 10.1. The van der Waals surface area contributed by atoms with Crippen LogP contribution in [-0.4, -0.2) is 37.9 Å². The molecule has 5 heteroatoms. The number of ether oxygens (including phenoxy) is 3. The van der Waals surface area contributed by atoms with E-state index in [0.29, 0.717) is 19.4 Å². The van der Waals surface area contributed by atoms with Gasteiger partial charge >= 0.3 is 11.9 Å². The molecule has 0 amide bonds. The zero-order chi connectivity index (χ0) is 39.3. The summed E-state index contributed by atoms with van der Waals surface area (Å²) < 4.78 is 17.2. The molecule has 0 bridgehead atoms. The predicted octanol–water partition coefficient (Wildman–Crippen LogP) is 14.8. The topological polar surface area (TPSA) is 61.8 Å². The van der Waals surface area contributed by atoms with E-state index in [1.807, 2.05) is 0 Å². The standard InChI is InChI=1S/C49H84O5/c1-4-7-10-13-15-17-19-21-23-24-25-27-29-31-33-35-38-41-44-52-45-47(54-49(51)43-40-36-12-9-6-3)46-53-48(50)42-39-37-34-32-30-28-26-22-20-18-16-14-11-8-5-2/h8,11,15-18,21-23,26,30,32,47H,4-7,9-10,12-14,19-20,24-25,27-29,31,33-46H2,1-3H3/b11-8-,17-15-,18-16-,23-21-,26-22-,32-30-. The Morgan fingerprint density at radius 3 is 1.41 bits per heavy atom. The van der Waals surface area contributed by atoms with E-state index in [-0.39, 0.29) is 25.2 Å². The first-order chi connectivity index (χ1) is 26.6. The van der Waals surface area contributed by atoms with E-state index in [9.17, 15) is 9.59 Å². The van der Waals surface area contributed by atoms with Crippen molar-refractivity contribution in [1.29, 1.82) is 0 Å². The first kappa shape index (κ1) is 51.3. The maximum atomic E-state index is 12.5. The fourth-order valence-electron chi connectivity index (χ4n) is 5.88. The van der Waals surface area contributed by atoms with Crippen molar-refractivity contribution in [3.05, 3.63) is 72.9 Å². The van der Waals surface area contributed by atoms with Crippen molar-refractivity contribution < 1.29 is 23.8 Å². The second-order valence-electron chi connectivity index (χ2n) is 14.6. The molecule has 54 heavy (non-hydrogen) atoms. The van der Waals surface area contributed by atoms with Crippen molar-refractivity contribution >= 4 is 11.9 Å². The monoisotopic (exact) mass is 753 g/mol. The molecule has 0 fully saturated rings. The highest BCUT2D eigenvalue weighted by molar-refractivity contribution is 5.70. The fourth-order valence-corrected chi connectivity index (χ4v) is 5.88.